The lowest BCUT2D eigenvalue weighted by atomic mass is 9.99. The largest absolute Gasteiger partial charge is 0.493 e. The van der Waals surface area contributed by atoms with Gasteiger partial charge < -0.3 is 9.64 Å². The van der Waals surface area contributed by atoms with E-state index in [0.717, 1.165) is 31.1 Å². The van der Waals surface area contributed by atoms with Crippen molar-refractivity contribution >= 4 is 0 Å². The summed E-state index contributed by atoms with van der Waals surface area (Å²) in [7, 11) is 0. The van der Waals surface area contributed by atoms with E-state index in [1.54, 1.807) is 0 Å². The fourth-order valence-electron chi connectivity index (χ4n) is 3.72. The number of ether oxygens (including phenoxy) is 1. The van der Waals surface area contributed by atoms with Crippen LogP contribution in [0.5, 0.6) is 5.75 Å². The Morgan fingerprint density at radius 1 is 1.09 bits per heavy atom. The minimum Gasteiger partial charge on any atom is -0.493 e. The van der Waals surface area contributed by atoms with Gasteiger partial charge >= 0.3 is 0 Å². The first-order chi connectivity index (χ1) is 10.9. The lowest BCUT2D eigenvalue weighted by Crippen LogP contribution is -2.23. The van der Waals surface area contributed by atoms with Crippen LogP contribution in [-0.4, -0.2) is 31.1 Å². The summed E-state index contributed by atoms with van der Waals surface area (Å²) in [6.07, 6.45) is 3.51. The van der Waals surface area contributed by atoms with Gasteiger partial charge in [-0.1, -0.05) is 42.5 Å². The molecule has 114 valence electrons. The Balaban J connectivity index is 1.33. The van der Waals surface area contributed by atoms with Gasteiger partial charge in [0.2, 0.25) is 0 Å². The lowest BCUT2D eigenvalue weighted by Gasteiger charge is -2.16. The van der Waals surface area contributed by atoms with E-state index in [0.29, 0.717) is 0 Å². The molecule has 22 heavy (non-hydrogen) atoms. The number of nitrogens with zero attached hydrogens (tertiary/aromatic N) is 1. The number of benzene rings is 2. The molecule has 0 saturated carbocycles. The van der Waals surface area contributed by atoms with E-state index in [-0.39, 0.29) is 0 Å². The predicted molar refractivity (Wildman–Crippen MR) is 89.6 cm³/mol. The molecular formula is C20H23NO. The second-order valence-electron chi connectivity index (χ2n) is 6.49. The summed E-state index contributed by atoms with van der Waals surface area (Å²) in [6.45, 7) is 4.46. The third kappa shape index (κ3) is 2.89. The first-order valence-electron chi connectivity index (χ1n) is 8.40. The third-order valence-electron chi connectivity index (χ3n) is 5.01. The molecular weight excluding hydrogens is 270 g/mol. The minimum atomic E-state index is 0.717. The van der Waals surface area contributed by atoms with Gasteiger partial charge in [-0.05, 0) is 48.1 Å². The Kier molecular flexibility index (Phi) is 3.86. The topological polar surface area (TPSA) is 12.5 Å². The molecule has 1 atom stereocenters. The van der Waals surface area contributed by atoms with Crippen molar-refractivity contribution in [1.82, 2.24) is 4.90 Å². The van der Waals surface area contributed by atoms with Gasteiger partial charge in [0, 0.05) is 19.5 Å². The molecule has 0 spiro atoms. The molecule has 1 saturated heterocycles. The molecule has 2 nitrogen and oxygen atoms in total. The molecule has 0 N–H and O–H groups in total. The van der Waals surface area contributed by atoms with Crippen LogP contribution in [0.2, 0.25) is 0 Å². The van der Waals surface area contributed by atoms with Crippen molar-refractivity contribution in [2.24, 2.45) is 0 Å². The van der Waals surface area contributed by atoms with Crippen molar-refractivity contribution < 1.29 is 4.74 Å². The lowest BCUT2D eigenvalue weighted by molar-refractivity contribution is 0.339. The van der Waals surface area contributed by atoms with E-state index in [9.17, 15) is 0 Å². The Hall–Kier alpha value is -1.80. The zero-order valence-corrected chi connectivity index (χ0v) is 13.0. The molecule has 0 amide bonds. The fourth-order valence-corrected chi connectivity index (χ4v) is 3.72. The Labute approximate surface area is 132 Å². The monoisotopic (exact) mass is 293 g/mol. The zero-order valence-electron chi connectivity index (χ0n) is 13.0. The summed E-state index contributed by atoms with van der Waals surface area (Å²) >= 11 is 0. The van der Waals surface area contributed by atoms with E-state index in [2.05, 4.69) is 53.4 Å². The predicted octanol–water partition coefficient (Wildman–Crippen LogP) is 3.65. The van der Waals surface area contributed by atoms with Crippen molar-refractivity contribution in [2.45, 2.75) is 25.2 Å². The van der Waals surface area contributed by atoms with Crippen LogP contribution < -0.4 is 4.74 Å². The van der Waals surface area contributed by atoms with E-state index in [4.69, 9.17) is 4.74 Å². The van der Waals surface area contributed by atoms with E-state index in [1.807, 2.05) is 0 Å². The number of hydrogen-bond acceptors (Lipinski definition) is 2. The van der Waals surface area contributed by atoms with E-state index in [1.165, 1.54) is 42.7 Å². The number of rotatable bonds is 4. The van der Waals surface area contributed by atoms with Crippen molar-refractivity contribution in [2.75, 3.05) is 26.2 Å². The van der Waals surface area contributed by atoms with Crippen LogP contribution in [0.15, 0.2) is 48.5 Å². The highest BCUT2D eigenvalue weighted by Crippen LogP contribution is 2.28. The van der Waals surface area contributed by atoms with Crippen LogP contribution in [0.3, 0.4) is 0 Å². The molecule has 2 aliphatic heterocycles. The first kappa shape index (κ1) is 13.8. The first-order valence-corrected chi connectivity index (χ1v) is 8.40. The maximum absolute atomic E-state index is 5.58. The van der Waals surface area contributed by atoms with Gasteiger partial charge in [0.05, 0.1) is 6.61 Å². The SMILES string of the molecule is c1ccc(C2CCN(CCc3ccc4c(c3)CCO4)C2)cc1. The van der Waals surface area contributed by atoms with Crippen LogP contribution in [0.4, 0.5) is 0 Å². The van der Waals surface area contributed by atoms with Gasteiger partial charge in [-0.2, -0.15) is 0 Å². The van der Waals surface area contributed by atoms with Gasteiger partial charge in [-0.3, -0.25) is 0 Å². The molecule has 4 rings (SSSR count). The second kappa shape index (κ2) is 6.13. The third-order valence-corrected chi connectivity index (χ3v) is 5.01. The summed E-state index contributed by atoms with van der Waals surface area (Å²) in [5.74, 6) is 1.81. The average molecular weight is 293 g/mol. The zero-order chi connectivity index (χ0) is 14.8. The molecule has 1 unspecified atom stereocenters. The summed E-state index contributed by atoms with van der Waals surface area (Å²) < 4.78 is 5.58. The van der Waals surface area contributed by atoms with Gasteiger partial charge in [-0.25, -0.2) is 0 Å². The van der Waals surface area contributed by atoms with Crippen molar-refractivity contribution in [3.63, 3.8) is 0 Å². The summed E-state index contributed by atoms with van der Waals surface area (Å²) in [4.78, 5) is 2.61. The molecule has 1 fully saturated rings. The van der Waals surface area contributed by atoms with Gasteiger partial charge in [0.25, 0.3) is 0 Å². The van der Waals surface area contributed by atoms with Crippen LogP contribution >= 0.6 is 0 Å². The van der Waals surface area contributed by atoms with Crippen LogP contribution in [0, 0.1) is 0 Å². The molecule has 2 heteroatoms. The molecule has 2 aromatic carbocycles. The Morgan fingerprint density at radius 3 is 2.91 bits per heavy atom. The highest BCUT2D eigenvalue weighted by Gasteiger charge is 2.23. The molecule has 0 radical (unpaired) electrons. The number of hydrogen-bond donors (Lipinski definition) is 0. The van der Waals surface area contributed by atoms with E-state index < -0.39 is 0 Å². The Morgan fingerprint density at radius 2 is 2.00 bits per heavy atom. The molecule has 0 aliphatic carbocycles. The summed E-state index contributed by atoms with van der Waals surface area (Å²) in [6, 6.07) is 17.7. The van der Waals surface area contributed by atoms with Crippen LogP contribution in [0.1, 0.15) is 29.0 Å². The molecule has 2 aromatic rings. The van der Waals surface area contributed by atoms with Crippen LogP contribution in [0.25, 0.3) is 0 Å². The highest BCUT2D eigenvalue weighted by molar-refractivity contribution is 5.39. The van der Waals surface area contributed by atoms with Gasteiger partial charge in [0.1, 0.15) is 5.75 Å². The maximum Gasteiger partial charge on any atom is 0.122 e. The molecule has 0 aromatic heterocycles. The maximum atomic E-state index is 5.58. The summed E-state index contributed by atoms with van der Waals surface area (Å²) in [5.41, 5.74) is 4.34. The number of likely N-dealkylation sites (tertiary alicyclic amines) is 1. The fraction of sp³-hybridized carbons (Fsp3) is 0.400. The smallest absolute Gasteiger partial charge is 0.122 e. The standard InChI is InChI=1S/C20H23NO/c1-2-4-17(5-3-1)19-9-12-21(15-19)11-8-16-6-7-20-18(14-16)10-13-22-20/h1-7,14,19H,8-13,15H2. The van der Waals surface area contributed by atoms with Crippen LogP contribution in [-0.2, 0) is 12.8 Å². The molecule has 2 heterocycles. The normalized spacial score (nSPS) is 20.8. The highest BCUT2D eigenvalue weighted by atomic mass is 16.5. The van der Waals surface area contributed by atoms with Gasteiger partial charge in [0.15, 0.2) is 0 Å². The quantitative estimate of drug-likeness (QED) is 0.853. The average Bonchev–Trinajstić information content (AvgIpc) is 3.22. The van der Waals surface area contributed by atoms with Crippen molar-refractivity contribution in [3.05, 3.63) is 65.2 Å². The van der Waals surface area contributed by atoms with E-state index >= 15 is 0 Å². The Bertz CT molecular complexity index is 637. The summed E-state index contributed by atoms with van der Waals surface area (Å²) in [5, 5.41) is 0. The second-order valence-corrected chi connectivity index (χ2v) is 6.49. The minimum absolute atomic E-state index is 0.717. The van der Waals surface area contributed by atoms with Crippen molar-refractivity contribution in [3.8, 4) is 5.75 Å². The van der Waals surface area contributed by atoms with Gasteiger partial charge in [-0.15, -0.1) is 0 Å². The number of fused-ring (bicyclic) bond motifs is 1. The van der Waals surface area contributed by atoms with Crippen molar-refractivity contribution in [1.29, 1.82) is 0 Å². The molecule has 2 aliphatic rings. The molecule has 0 bridgehead atoms.